The second-order valence-corrected chi connectivity index (χ2v) is 7.63. The molecule has 0 fully saturated rings. The minimum absolute atomic E-state index is 0.0656. The van der Waals surface area contributed by atoms with Crippen LogP contribution in [-0.4, -0.2) is 54.4 Å². The van der Waals surface area contributed by atoms with E-state index >= 15 is 0 Å². The van der Waals surface area contributed by atoms with Crippen LogP contribution in [0.25, 0.3) is 4.96 Å². The Balaban J connectivity index is 2.06. The van der Waals surface area contributed by atoms with E-state index in [2.05, 4.69) is 10.3 Å². The third kappa shape index (κ3) is 2.84. The molecule has 7 nitrogen and oxygen atoms in total. The van der Waals surface area contributed by atoms with Gasteiger partial charge in [-0.2, -0.15) is 0 Å². The van der Waals surface area contributed by atoms with Crippen molar-refractivity contribution in [1.82, 2.24) is 19.0 Å². The van der Waals surface area contributed by atoms with Crippen LogP contribution in [0.4, 0.5) is 0 Å². The summed E-state index contributed by atoms with van der Waals surface area (Å²) in [6.45, 7) is 1.82. The minimum atomic E-state index is -3.31. The van der Waals surface area contributed by atoms with Crippen molar-refractivity contribution in [2.75, 3.05) is 26.4 Å². The molecule has 0 saturated carbocycles. The van der Waals surface area contributed by atoms with E-state index in [1.165, 1.54) is 25.4 Å². The molecule has 0 aliphatic heterocycles. The molecule has 0 spiro atoms. The van der Waals surface area contributed by atoms with Crippen molar-refractivity contribution in [2.45, 2.75) is 6.92 Å². The number of hydrogen-bond donors (Lipinski definition) is 1. The topological polar surface area (TPSA) is 83.8 Å². The summed E-state index contributed by atoms with van der Waals surface area (Å²) in [5, 5.41) is 4.46. The lowest BCUT2D eigenvalue weighted by Gasteiger charge is -2.11. The Hall–Kier alpha value is -1.45. The van der Waals surface area contributed by atoms with Gasteiger partial charge < -0.3 is 5.32 Å². The number of thiazole rings is 1. The van der Waals surface area contributed by atoms with E-state index in [-0.39, 0.29) is 18.2 Å². The van der Waals surface area contributed by atoms with Gasteiger partial charge in [0.1, 0.15) is 5.69 Å². The molecule has 2 aromatic rings. The maximum absolute atomic E-state index is 12.1. The maximum atomic E-state index is 12.1. The van der Waals surface area contributed by atoms with Crippen molar-refractivity contribution in [3.63, 3.8) is 0 Å². The fourth-order valence-electron chi connectivity index (χ4n) is 1.73. The van der Waals surface area contributed by atoms with Crippen LogP contribution < -0.4 is 5.32 Å². The molecule has 2 aromatic heterocycles. The smallest absolute Gasteiger partial charge is 0.270 e. The zero-order valence-corrected chi connectivity index (χ0v) is 13.1. The molecule has 0 radical (unpaired) electrons. The summed E-state index contributed by atoms with van der Waals surface area (Å²) in [7, 11) is -0.375. The predicted molar refractivity (Wildman–Crippen MR) is 77.6 cm³/mol. The molecule has 0 aromatic carbocycles. The maximum Gasteiger partial charge on any atom is 0.270 e. The molecular weight excluding hydrogens is 300 g/mol. The fourth-order valence-corrected chi connectivity index (χ4v) is 3.21. The SMILES string of the molecule is Cc1nc2sccn2c1C(=O)NCCS(=O)(=O)N(C)C. The van der Waals surface area contributed by atoms with Crippen LogP contribution in [0.1, 0.15) is 16.2 Å². The Morgan fingerprint density at radius 2 is 2.20 bits per heavy atom. The molecule has 1 amide bonds. The van der Waals surface area contributed by atoms with Crippen LogP contribution in [0.3, 0.4) is 0 Å². The average Bonchev–Trinajstić information content (AvgIpc) is 2.87. The van der Waals surface area contributed by atoms with Crippen LogP contribution in [0.5, 0.6) is 0 Å². The molecule has 1 N–H and O–H groups in total. The van der Waals surface area contributed by atoms with Gasteiger partial charge in [-0.25, -0.2) is 17.7 Å². The Kier molecular flexibility index (Phi) is 4.11. The van der Waals surface area contributed by atoms with Gasteiger partial charge in [0, 0.05) is 32.2 Å². The van der Waals surface area contributed by atoms with E-state index in [0.717, 1.165) is 9.27 Å². The highest BCUT2D eigenvalue weighted by atomic mass is 32.2. The van der Waals surface area contributed by atoms with E-state index < -0.39 is 10.0 Å². The number of fused-ring (bicyclic) bond motifs is 1. The Bertz CT molecular complexity index is 730. The highest BCUT2D eigenvalue weighted by molar-refractivity contribution is 7.89. The van der Waals surface area contributed by atoms with Gasteiger partial charge in [0.05, 0.1) is 11.4 Å². The Morgan fingerprint density at radius 1 is 1.50 bits per heavy atom. The largest absolute Gasteiger partial charge is 0.350 e. The van der Waals surface area contributed by atoms with Gasteiger partial charge in [-0.05, 0) is 6.92 Å². The zero-order chi connectivity index (χ0) is 14.9. The number of nitrogens with one attached hydrogen (secondary N) is 1. The van der Waals surface area contributed by atoms with Gasteiger partial charge in [0.15, 0.2) is 4.96 Å². The number of amides is 1. The lowest BCUT2D eigenvalue weighted by Crippen LogP contribution is -2.34. The summed E-state index contributed by atoms with van der Waals surface area (Å²) >= 11 is 1.44. The van der Waals surface area contributed by atoms with Crippen molar-refractivity contribution in [2.24, 2.45) is 0 Å². The van der Waals surface area contributed by atoms with Crippen molar-refractivity contribution in [3.05, 3.63) is 23.0 Å². The Labute approximate surface area is 121 Å². The van der Waals surface area contributed by atoms with Crippen molar-refractivity contribution < 1.29 is 13.2 Å². The lowest BCUT2D eigenvalue weighted by molar-refractivity contribution is 0.0949. The molecule has 0 unspecified atom stereocenters. The second-order valence-electron chi connectivity index (χ2n) is 4.46. The van der Waals surface area contributed by atoms with Gasteiger partial charge >= 0.3 is 0 Å². The van der Waals surface area contributed by atoms with Gasteiger partial charge in [-0.15, -0.1) is 11.3 Å². The monoisotopic (exact) mass is 316 g/mol. The fraction of sp³-hybridized carbons (Fsp3) is 0.455. The quantitative estimate of drug-likeness (QED) is 0.861. The summed E-state index contributed by atoms with van der Waals surface area (Å²) in [5.41, 5.74) is 1.08. The van der Waals surface area contributed by atoms with Crippen LogP contribution in [0, 0.1) is 6.92 Å². The highest BCUT2D eigenvalue weighted by Crippen LogP contribution is 2.16. The molecular formula is C11H16N4O3S2. The normalized spacial score (nSPS) is 12.2. The van der Waals surface area contributed by atoms with Gasteiger partial charge in [-0.1, -0.05) is 0 Å². The summed E-state index contributed by atoms with van der Waals surface area (Å²) < 4.78 is 26.0. The summed E-state index contributed by atoms with van der Waals surface area (Å²) in [4.78, 5) is 17.1. The standard InChI is InChI=1S/C11H16N4O3S2/c1-8-9(15-5-6-19-11(15)13-8)10(16)12-4-7-20(17,18)14(2)3/h5-6H,4,7H2,1-3H3,(H,12,16). The Morgan fingerprint density at radius 3 is 2.85 bits per heavy atom. The minimum Gasteiger partial charge on any atom is -0.350 e. The number of carbonyl (C=O) groups is 1. The summed E-state index contributed by atoms with van der Waals surface area (Å²) in [6, 6.07) is 0. The number of hydrogen-bond acceptors (Lipinski definition) is 5. The van der Waals surface area contributed by atoms with E-state index in [1.807, 2.05) is 5.38 Å². The average molecular weight is 316 g/mol. The number of carbonyl (C=O) groups excluding carboxylic acids is 1. The third-order valence-corrected chi connectivity index (χ3v) is 5.44. The van der Waals surface area contributed by atoms with E-state index in [1.54, 1.807) is 17.5 Å². The first kappa shape index (κ1) is 14.9. The van der Waals surface area contributed by atoms with Gasteiger partial charge in [-0.3, -0.25) is 9.20 Å². The number of sulfonamides is 1. The number of aryl methyl sites for hydroxylation is 1. The first-order chi connectivity index (χ1) is 9.33. The number of imidazole rings is 1. The van der Waals surface area contributed by atoms with Crippen molar-refractivity contribution in [3.8, 4) is 0 Å². The molecule has 0 aliphatic rings. The molecule has 0 aliphatic carbocycles. The third-order valence-electron chi connectivity index (χ3n) is 2.85. The molecule has 0 saturated heterocycles. The zero-order valence-electron chi connectivity index (χ0n) is 11.5. The van der Waals surface area contributed by atoms with Crippen LogP contribution in [-0.2, 0) is 10.0 Å². The molecule has 2 heterocycles. The molecule has 20 heavy (non-hydrogen) atoms. The molecule has 2 rings (SSSR count). The molecule has 0 bridgehead atoms. The molecule has 9 heteroatoms. The van der Waals surface area contributed by atoms with Crippen LogP contribution in [0.2, 0.25) is 0 Å². The van der Waals surface area contributed by atoms with Crippen molar-refractivity contribution >= 4 is 32.2 Å². The van der Waals surface area contributed by atoms with Crippen molar-refractivity contribution in [1.29, 1.82) is 0 Å². The van der Waals surface area contributed by atoms with E-state index in [0.29, 0.717) is 11.4 Å². The summed E-state index contributed by atoms with van der Waals surface area (Å²) in [5.74, 6) is -0.446. The highest BCUT2D eigenvalue weighted by Gasteiger charge is 2.18. The number of nitrogens with zero attached hydrogens (tertiary/aromatic N) is 3. The first-order valence-electron chi connectivity index (χ1n) is 5.93. The van der Waals surface area contributed by atoms with Gasteiger partial charge in [0.25, 0.3) is 5.91 Å². The first-order valence-corrected chi connectivity index (χ1v) is 8.42. The van der Waals surface area contributed by atoms with Crippen LogP contribution in [0.15, 0.2) is 11.6 Å². The van der Waals surface area contributed by atoms with Gasteiger partial charge in [0.2, 0.25) is 10.0 Å². The lowest BCUT2D eigenvalue weighted by atomic mass is 10.3. The molecule has 110 valence electrons. The predicted octanol–water partition coefficient (Wildman–Crippen LogP) is 0.325. The van der Waals surface area contributed by atoms with E-state index in [4.69, 9.17) is 0 Å². The molecule has 0 atom stereocenters. The van der Waals surface area contributed by atoms with Crippen LogP contribution >= 0.6 is 11.3 Å². The summed E-state index contributed by atoms with van der Waals surface area (Å²) in [6.07, 6.45) is 1.77. The van der Waals surface area contributed by atoms with E-state index in [9.17, 15) is 13.2 Å². The number of aromatic nitrogens is 2. The second kappa shape index (κ2) is 5.51. The number of rotatable bonds is 5.